The van der Waals surface area contributed by atoms with Crippen LogP contribution in [0.1, 0.15) is 62.9 Å². The maximum absolute atomic E-state index is 13.1. The summed E-state index contributed by atoms with van der Waals surface area (Å²) in [4.78, 5) is 13.7. The molecular formula is C21H31F3N2O3S. The van der Waals surface area contributed by atoms with Crippen molar-refractivity contribution < 1.29 is 26.4 Å². The summed E-state index contributed by atoms with van der Waals surface area (Å²) < 4.78 is 67.0. The predicted octanol–water partition coefficient (Wildman–Crippen LogP) is 4.61. The Labute approximate surface area is 177 Å². The zero-order valence-electron chi connectivity index (χ0n) is 18.2. The van der Waals surface area contributed by atoms with Crippen molar-refractivity contribution >= 4 is 15.9 Å². The smallest absolute Gasteiger partial charge is 0.329 e. The summed E-state index contributed by atoms with van der Waals surface area (Å²) in [7, 11) is -3.84. The highest BCUT2D eigenvalue weighted by Gasteiger charge is 2.36. The van der Waals surface area contributed by atoms with E-state index in [4.69, 9.17) is 0 Å². The lowest BCUT2D eigenvalue weighted by Gasteiger charge is -2.33. The topological polar surface area (TPSA) is 57.7 Å². The summed E-state index contributed by atoms with van der Waals surface area (Å²) in [6, 6.07) is 3.96. The molecule has 1 aliphatic heterocycles. The van der Waals surface area contributed by atoms with Gasteiger partial charge in [0.2, 0.25) is 10.0 Å². The molecule has 1 fully saturated rings. The van der Waals surface area contributed by atoms with E-state index >= 15 is 0 Å². The Hall–Kier alpha value is -1.61. The van der Waals surface area contributed by atoms with E-state index in [1.807, 2.05) is 6.92 Å². The van der Waals surface area contributed by atoms with Gasteiger partial charge in [-0.05, 0) is 49.8 Å². The molecule has 0 spiro atoms. The maximum Gasteiger partial charge on any atom is 0.406 e. The molecule has 1 aliphatic rings. The van der Waals surface area contributed by atoms with E-state index in [1.54, 1.807) is 27.7 Å². The molecule has 5 nitrogen and oxygen atoms in total. The molecule has 0 aliphatic carbocycles. The molecule has 1 amide bonds. The zero-order valence-corrected chi connectivity index (χ0v) is 19.0. The molecule has 1 saturated heterocycles. The second-order valence-electron chi connectivity index (χ2n) is 9.27. The first-order valence-electron chi connectivity index (χ1n) is 10.1. The third-order valence-corrected chi connectivity index (χ3v) is 7.12. The number of aryl methyl sites for hydroxylation is 1. The third kappa shape index (κ3) is 6.20. The summed E-state index contributed by atoms with van der Waals surface area (Å²) in [5.74, 6) is -0.816. The first-order valence-corrected chi connectivity index (χ1v) is 11.5. The molecule has 0 radical (unpaired) electrons. The van der Waals surface area contributed by atoms with Crippen molar-refractivity contribution in [1.29, 1.82) is 0 Å². The number of carbonyl (C=O) groups is 1. The third-order valence-electron chi connectivity index (χ3n) is 5.11. The summed E-state index contributed by atoms with van der Waals surface area (Å²) in [6.45, 7) is 7.57. The highest BCUT2D eigenvalue weighted by molar-refractivity contribution is 7.89. The summed E-state index contributed by atoms with van der Waals surface area (Å²) in [5.41, 5.74) is -0.136. The minimum absolute atomic E-state index is 0.0192. The van der Waals surface area contributed by atoms with Gasteiger partial charge in [0, 0.05) is 24.7 Å². The number of sulfonamides is 1. The number of halogens is 3. The van der Waals surface area contributed by atoms with Gasteiger partial charge < -0.3 is 4.90 Å². The molecule has 30 heavy (non-hydrogen) atoms. The molecule has 9 heteroatoms. The Morgan fingerprint density at radius 1 is 1.17 bits per heavy atom. The van der Waals surface area contributed by atoms with Crippen LogP contribution in [0.25, 0.3) is 0 Å². The average Bonchev–Trinajstić information content (AvgIpc) is 2.58. The molecule has 1 aromatic rings. The van der Waals surface area contributed by atoms with Gasteiger partial charge in [0.1, 0.15) is 6.54 Å². The van der Waals surface area contributed by atoms with Crippen molar-refractivity contribution in [2.75, 3.05) is 19.6 Å². The van der Waals surface area contributed by atoms with Crippen LogP contribution in [0.3, 0.4) is 0 Å². The second-order valence-corrected chi connectivity index (χ2v) is 11.2. The molecule has 1 unspecified atom stereocenters. The fraction of sp³-hybridized carbons (Fsp3) is 0.667. The fourth-order valence-electron chi connectivity index (χ4n) is 3.72. The molecular weight excluding hydrogens is 417 g/mol. The number of nitrogens with zero attached hydrogens (tertiary/aromatic N) is 2. The van der Waals surface area contributed by atoms with Crippen molar-refractivity contribution in [2.24, 2.45) is 5.41 Å². The lowest BCUT2D eigenvalue weighted by atomic mass is 9.95. The number of amides is 1. The first-order chi connectivity index (χ1) is 13.6. The lowest BCUT2D eigenvalue weighted by molar-refractivity contribution is -0.142. The van der Waals surface area contributed by atoms with Gasteiger partial charge in [-0.2, -0.15) is 17.5 Å². The Morgan fingerprint density at radius 3 is 2.33 bits per heavy atom. The van der Waals surface area contributed by atoms with Gasteiger partial charge in [-0.15, -0.1) is 0 Å². The molecule has 0 bridgehead atoms. The van der Waals surface area contributed by atoms with Gasteiger partial charge in [0.25, 0.3) is 5.91 Å². The van der Waals surface area contributed by atoms with Crippen LogP contribution in [0.2, 0.25) is 0 Å². The number of hydrogen-bond donors (Lipinski definition) is 0. The minimum Gasteiger partial charge on any atom is -0.329 e. The largest absolute Gasteiger partial charge is 0.406 e. The number of rotatable bonds is 5. The molecule has 1 atom stereocenters. The Morgan fingerprint density at radius 2 is 1.80 bits per heavy atom. The van der Waals surface area contributed by atoms with Gasteiger partial charge in [-0.1, -0.05) is 33.3 Å². The second kappa shape index (κ2) is 8.86. The standard InChI is InChI=1S/C21H31F3N2O3S/c1-15-9-10-17(30(28,29)26-11-7-6-8-16(26)2)12-18(15)19(27)25(13-20(3,4)5)14-21(22,23)24/h9-10,12,16H,6-8,11,13-14H2,1-5H3. The van der Waals surface area contributed by atoms with E-state index < -0.39 is 34.1 Å². The number of piperidine rings is 1. The van der Waals surface area contributed by atoms with Crippen LogP contribution in [0.15, 0.2) is 23.1 Å². The predicted molar refractivity (Wildman–Crippen MR) is 110 cm³/mol. The Balaban J connectivity index is 2.44. The molecule has 1 heterocycles. The van der Waals surface area contributed by atoms with Crippen molar-refractivity contribution in [3.05, 3.63) is 29.3 Å². The Bertz CT molecular complexity index is 860. The van der Waals surface area contributed by atoms with Crippen molar-refractivity contribution in [2.45, 2.75) is 71.0 Å². The van der Waals surface area contributed by atoms with E-state index in [0.29, 0.717) is 12.1 Å². The minimum atomic E-state index is -4.55. The van der Waals surface area contributed by atoms with Crippen molar-refractivity contribution in [1.82, 2.24) is 9.21 Å². The normalized spacial score (nSPS) is 19.0. The van der Waals surface area contributed by atoms with Crippen LogP contribution in [-0.4, -0.2) is 55.4 Å². The summed E-state index contributed by atoms with van der Waals surface area (Å²) >= 11 is 0. The van der Waals surface area contributed by atoms with E-state index in [-0.39, 0.29) is 23.0 Å². The molecule has 170 valence electrons. The first kappa shape index (κ1) is 24.7. The van der Waals surface area contributed by atoms with Gasteiger partial charge in [0.05, 0.1) is 4.90 Å². The SMILES string of the molecule is Cc1ccc(S(=O)(=O)N2CCCCC2C)cc1C(=O)N(CC(C)(C)C)CC(F)(F)F. The van der Waals surface area contributed by atoms with Crippen molar-refractivity contribution in [3.8, 4) is 0 Å². The fourth-order valence-corrected chi connectivity index (χ4v) is 5.44. The molecule has 2 rings (SSSR count). The number of hydrogen-bond acceptors (Lipinski definition) is 3. The van der Waals surface area contributed by atoms with E-state index in [1.165, 1.54) is 22.5 Å². The van der Waals surface area contributed by atoms with E-state index in [2.05, 4.69) is 0 Å². The van der Waals surface area contributed by atoms with Crippen LogP contribution in [0.5, 0.6) is 0 Å². The van der Waals surface area contributed by atoms with E-state index in [9.17, 15) is 26.4 Å². The van der Waals surface area contributed by atoms with E-state index in [0.717, 1.165) is 24.2 Å². The highest BCUT2D eigenvalue weighted by Crippen LogP contribution is 2.28. The number of alkyl halides is 3. The maximum atomic E-state index is 13.1. The summed E-state index contributed by atoms with van der Waals surface area (Å²) in [6.07, 6.45) is -2.10. The van der Waals surface area contributed by atoms with Gasteiger partial charge in [-0.25, -0.2) is 8.42 Å². The van der Waals surface area contributed by atoms with Crippen LogP contribution < -0.4 is 0 Å². The van der Waals surface area contributed by atoms with Crippen LogP contribution in [0, 0.1) is 12.3 Å². The van der Waals surface area contributed by atoms with Gasteiger partial charge >= 0.3 is 6.18 Å². The lowest BCUT2D eigenvalue weighted by Crippen LogP contribution is -2.44. The number of carbonyl (C=O) groups excluding carboxylic acids is 1. The van der Waals surface area contributed by atoms with Crippen molar-refractivity contribution in [3.63, 3.8) is 0 Å². The van der Waals surface area contributed by atoms with Gasteiger partial charge in [0.15, 0.2) is 0 Å². The molecule has 1 aromatic carbocycles. The quantitative estimate of drug-likeness (QED) is 0.661. The zero-order chi connectivity index (χ0) is 22.9. The molecule has 0 N–H and O–H groups in total. The van der Waals surface area contributed by atoms with Crippen LogP contribution >= 0.6 is 0 Å². The molecule has 0 saturated carbocycles. The monoisotopic (exact) mass is 448 g/mol. The van der Waals surface area contributed by atoms with Crippen LogP contribution in [0.4, 0.5) is 13.2 Å². The average molecular weight is 449 g/mol. The number of benzene rings is 1. The highest BCUT2D eigenvalue weighted by atomic mass is 32.2. The molecule has 0 aromatic heterocycles. The van der Waals surface area contributed by atoms with Crippen LogP contribution in [-0.2, 0) is 10.0 Å². The van der Waals surface area contributed by atoms with Gasteiger partial charge in [-0.3, -0.25) is 4.79 Å². The Kier molecular flexibility index (Phi) is 7.29. The summed E-state index contributed by atoms with van der Waals surface area (Å²) in [5, 5.41) is 0.